The van der Waals surface area contributed by atoms with Crippen LogP contribution in [0.5, 0.6) is 5.75 Å². The van der Waals surface area contributed by atoms with Crippen LogP contribution in [0.15, 0.2) is 78.9 Å². The fourth-order valence-corrected chi connectivity index (χ4v) is 4.94. The molecular formula is C30H36ClN3O5S. The second-order valence-corrected chi connectivity index (χ2v) is 11.8. The van der Waals surface area contributed by atoms with E-state index in [1.54, 1.807) is 55.5 Å². The number of unbranched alkanes of at least 4 members (excludes halogenated alkanes) is 1. The summed E-state index contributed by atoms with van der Waals surface area (Å²) in [5.41, 5.74) is 2.08. The van der Waals surface area contributed by atoms with Crippen molar-refractivity contribution in [2.45, 2.75) is 45.9 Å². The van der Waals surface area contributed by atoms with E-state index < -0.39 is 28.5 Å². The number of rotatable bonds is 14. The molecule has 0 aliphatic heterocycles. The summed E-state index contributed by atoms with van der Waals surface area (Å²) in [7, 11) is -3.83. The van der Waals surface area contributed by atoms with Gasteiger partial charge in [-0.05, 0) is 60.9 Å². The largest absolute Gasteiger partial charge is 0.489 e. The van der Waals surface area contributed by atoms with E-state index in [9.17, 15) is 18.0 Å². The van der Waals surface area contributed by atoms with Crippen molar-refractivity contribution >= 4 is 39.1 Å². The van der Waals surface area contributed by atoms with Crippen molar-refractivity contribution in [3.63, 3.8) is 0 Å². The summed E-state index contributed by atoms with van der Waals surface area (Å²) in [6, 6.07) is 22.3. The fourth-order valence-electron chi connectivity index (χ4n) is 3.97. The summed E-state index contributed by atoms with van der Waals surface area (Å²) in [6.45, 7) is 4.17. The van der Waals surface area contributed by atoms with Crippen molar-refractivity contribution in [2.75, 3.05) is 23.7 Å². The van der Waals surface area contributed by atoms with Gasteiger partial charge >= 0.3 is 0 Å². The van der Waals surface area contributed by atoms with Crippen LogP contribution in [0.1, 0.15) is 37.8 Å². The first-order valence-electron chi connectivity index (χ1n) is 13.1. The van der Waals surface area contributed by atoms with Crippen molar-refractivity contribution < 1.29 is 22.7 Å². The molecule has 1 atom stereocenters. The molecule has 0 aromatic heterocycles. The molecule has 214 valence electrons. The molecule has 1 N–H and O–H groups in total. The number of carbonyl (C=O) groups excluding carboxylic acids is 2. The van der Waals surface area contributed by atoms with E-state index >= 15 is 0 Å². The molecule has 3 rings (SSSR count). The first-order chi connectivity index (χ1) is 19.1. The molecule has 3 aromatic carbocycles. The molecule has 0 spiro atoms. The van der Waals surface area contributed by atoms with E-state index in [0.717, 1.165) is 34.5 Å². The predicted molar refractivity (Wildman–Crippen MR) is 159 cm³/mol. The second-order valence-electron chi connectivity index (χ2n) is 9.51. The zero-order valence-corrected chi connectivity index (χ0v) is 24.6. The number of halogens is 1. The third kappa shape index (κ3) is 9.27. The topological polar surface area (TPSA) is 96.0 Å². The summed E-state index contributed by atoms with van der Waals surface area (Å²) < 4.78 is 32.4. The van der Waals surface area contributed by atoms with E-state index in [-0.39, 0.29) is 12.5 Å². The molecule has 10 heteroatoms. The molecule has 0 unspecified atom stereocenters. The van der Waals surface area contributed by atoms with Gasteiger partial charge in [-0.2, -0.15) is 0 Å². The zero-order valence-electron chi connectivity index (χ0n) is 23.0. The molecule has 0 saturated heterocycles. The van der Waals surface area contributed by atoms with Crippen LogP contribution in [0, 0.1) is 0 Å². The lowest BCUT2D eigenvalue weighted by Crippen LogP contribution is -2.51. The van der Waals surface area contributed by atoms with Gasteiger partial charge in [-0.1, -0.05) is 67.4 Å². The predicted octanol–water partition coefficient (Wildman–Crippen LogP) is 5.02. The van der Waals surface area contributed by atoms with Gasteiger partial charge in [-0.3, -0.25) is 13.9 Å². The third-order valence-electron chi connectivity index (χ3n) is 6.32. The number of amides is 2. The van der Waals surface area contributed by atoms with E-state index in [1.807, 2.05) is 37.3 Å². The van der Waals surface area contributed by atoms with Crippen LogP contribution in [-0.2, 0) is 32.8 Å². The summed E-state index contributed by atoms with van der Waals surface area (Å²) >= 11 is 6.02. The average molecular weight is 586 g/mol. The Kier molecular flexibility index (Phi) is 11.4. The lowest BCUT2D eigenvalue weighted by Gasteiger charge is -2.31. The lowest BCUT2D eigenvalue weighted by atomic mass is 10.1. The van der Waals surface area contributed by atoms with Crippen molar-refractivity contribution in [1.29, 1.82) is 0 Å². The number of anilines is 1. The first kappa shape index (κ1) is 31.0. The number of hydrogen-bond donors (Lipinski definition) is 1. The Bertz CT molecular complexity index is 1350. The summed E-state index contributed by atoms with van der Waals surface area (Å²) in [5.74, 6) is -0.251. The smallest absolute Gasteiger partial charge is 0.244 e. The normalized spacial score (nSPS) is 11.9. The fraction of sp³-hybridized carbons (Fsp3) is 0.333. The summed E-state index contributed by atoms with van der Waals surface area (Å²) in [5, 5.41) is 3.41. The van der Waals surface area contributed by atoms with Crippen LogP contribution in [-0.4, -0.2) is 50.5 Å². The number of nitrogens with one attached hydrogen (secondary N) is 1. The number of carbonyl (C=O) groups is 2. The van der Waals surface area contributed by atoms with Crippen molar-refractivity contribution in [3.05, 3.63) is 95.0 Å². The number of hydrogen-bond acceptors (Lipinski definition) is 5. The first-order valence-corrected chi connectivity index (χ1v) is 15.4. The molecule has 0 bridgehead atoms. The highest BCUT2D eigenvalue weighted by atomic mass is 35.5. The number of ether oxygens (including phenoxy) is 1. The van der Waals surface area contributed by atoms with E-state index in [0.29, 0.717) is 29.6 Å². The van der Waals surface area contributed by atoms with Crippen LogP contribution in [0.25, 0.3) is 0 Å². The Morgan fingerprint density at radius 2 is 1.60 bits per heavy atom. The minimum absolute atomic E-state index is 0.113. The minimum Gasteiger partial charge on any atom is -0.489 e. The number of benzene rings is 3. The highest BCUT2D eigenvalue weighted by Gasteiger charge is 2.30. The quantitative estimate of drug-likeness (QED) is 0.268. The Balaban J connectivity index is 1.79. The standard InChI is InChI=1S/C30H36ClN3O5S/c1-4-5-19-32-30(36)23(2)33(20-24-11-13-26(31)14-12-24)29(35)21-34(40(3,37)38)27-15-17-28(18-16-27)39-22-25-9-7-6-8-10-25/h6-18,23H,4-5,19-22H2,1-3H3,(H,32,36)/t23-/m1/s1. The zero-order chi connectivity index (χ0) is 29.1. The Morgan fingerprint density at radius 1 is 0.950 bits per heavy atom. The van der Waals surface area contributed by atoms with Crippen LogP contribution in [0.2, 0.25) is 5.02 Å². The molecule has 3 aromatic rings. The molecule has 0 aliphatic rings. The molecule has 0 saturated carbocycles. The van der Waals surface area contributed by atoms with Gasteiger partial charge in [0, 0.05) is 18.1 Å². The SMILES string of the molecule is CCCCNC(=O)[C@@H](C)N(Cc1ccc(Cl)cc1)C(=O)CN(c1ccc(OCc2ccccc2)cc1)S(C)(=O)=O. The molecular weight excluding hydrogens is 550 g/mol. The summed E-state index contributed by atoms with van der Waals surface area (Å²) in [4.78, 5) is 27.9. The van der Waals surface area contributed by atoms with Crippen molar-refractivity contribution in [3.8, 4) is 5.75 Å². The van der Waals surface area contributed by atoms with E-state index in [1.165, 1.54) is 4.90 Å². The third-order valence-corrected chi connectivity index (χ3v) is 7.71. The molecule has 0 radical (unpaired) electrons. The Labute approximate surface area is 241 Å². The lowest BCUT2D eigenvalue weighted by molar-refractivity contribution is -0.139. The Hall–Kier alpha value is -3.56. The highest BCUT2D eigenvalue weighted by Crippen LogP contribution is 2.23. The highest BCUT2D eigenvalue weighted by molar-refractivity contribution is 7.92. The monoisotopic (exact) mass is 585 g/mol. The van der Waals surface area contributed by atoms with Gasteiger partial charge < -0.3 is 15.0 Å². The van der Waals surface area contributed by atoms with Crippen LogP contribution >= 0.6 is 11.6 Å². The van der Waals surface area contributed by atoms with Gasteiger partial charge in [0.15, 0.2) is 0 Å². The van der Waals surface area contributed by atoms with E-state index in [4.69, 9.17) is 16.3 Å². The molecule has 8 nitrogen and oxygen atoms in total. The average Bonchev–Trinajstić information content (AvgIpc) is 2.94. The molecule has 40 heavy (non-hydrogen) atoms. The molecule has 0 fully saturated rings. The van der Waals surface area contributed by atoms with Gasteiger partial charge in [0.2, 0.25) is 21.8 Å². The van der Waals surface area contributed by atoms with E-state index in [2.05, 4.69) is 5.32 Å². The second kappa shape index (κ2) is 14.7. The van der Waals surface area contributed by atoms with Crippen LogP contribution in [0.3, 0.4) is 0 Å². The maximum absolute atomic E-state index is 13.6. The van der Waals surface area contributed by atoms with Crippen LogP contribution in [0.4, 0.5) is 5.69 Å². The van der Waals surface area contributed by atoms with Crippen molar-refractivity contribution in [1.82, 2.24) is 10.2 Å². The molecule has 2 amide bonds. The number of nitrogens with zero attached hydrogens (tertiary/aromatic N) is 2. The van der Waals surface area contributed by atoms with Gasteiger partial charge in [-0.25, -0.2) is 8.42 Å². The van der Waals surface area contributed by atoms with Crippen molar-refractivity contribution in [2.24, 2.45) is 0 Å². The Morgan fingerprint density at radius 3 is 2.20 bits per heavy atom. The summed E-state index contributed by atoms with van der Waals surface area (Å²) in [6.07, 6.45) is 2.78. The maximum atomic E-state index is 13.6. The minimum atomic E-state index is -3.83. The van der Waals surface area contributed by atoms with Gasteiger partial charge in [-0.15, -0.1) is 0 Å². The van der Waals surface area contributed by atoms with Crippen LogP contribution < -0.4 is 14.4 Å². The maximum Gasteiger partial charge on any atom is 0.244 e. The molecule has 0 aliphatic carbocycles. The molecule has 0 heterocycles. The van der Waals surface area contributed by atoms with Gasteiger partial charge in [0.1, 0.15) is 24.9 Å². The van der Waals surface area contributed by atoms with Gasteiger partial charge in [0.25, 0.3) is 0 Å². The number of sulfonamides is 1. The van der Waals surface area contributed by atoms with Gasteiger partial charge in [0.05, 0.1) is 11.9 Å².